The number of hydrogen-bond acceptors (Lipinski definition) is 7. The molecule has 3 fully saturated rings. The highest BCUT2D eigenvalue weighted by Crippen LogP contribution is 2.31. The maximum Gasteiger partial charge on any atom is 0.325 e. The number of amides is 4. The minimum atomic E-state index is -0.714. The highest BCUT2D eigenvalue weighted by Gasteiger charge is 2.52. The molecule has 0 aromatic carbocycles. The molecule has 164 valence electrons. The van der Waals surface area contributed by atoms with E-state index in [9.17, 15) is 14.4 Å². The van der Waals surface area contributed by atoms with Gasteiger partial charge in [0.2, 0.25) is 0 Å². The highest BCUT2D eigenvalue weighted by atomic mass is 32.1. The normalized spacial score (nSPS) is 22.7. The molecule has 0 bridgehead atoms. The van der Waals surface area contributed by atoms with Gasteiger partial charge in [-0.3, -0.25) is 14.5 Å². The molecule has 1 spiro atoms. The minimum absolute atomic E-state index is 0.0197. The molecule has 0 unspecified atom stereocenters. The molecule has 3 saturated heterocycles. The summed E-state index contributed by atoms with van der Waals surface area (Å²) in [6.07, 6.45) is 4.03. The Balaban J connectivity index is 1.31. The Bertz CT molecular complexity index is 811. The number of carbonyl (C=O) groups is 3. The van der Waals surface area contributed by atoms with Crippen molar-refractivity contribution in [3.05, 3.63) is 10.6 Å². The van der Waals surface area contributed by atoms with Gasteiger partial charge >= 0.3 is 6.03 Å². The molecule has 4 heterocycles. The largest absolute Gasteiger partial charge is 0.338 e. The Kier molecular flexibility index (Phi) is 6.06. The number of piperidine rings is 2. The third kappa shape index (κ3) is 3.94. The Hall–Kier alpha value is -2.07. The first-order valence-electron chi connectivity index (χ1n) is 10.9. The van der Waals surface area contributed by atoms with Gasteiger partial charge in [0, 0.05) is 32.7 Å². The van der Waals surface area contributed by atoms with E-state index in [0.29, 0.717) is 43.0 Å². The second kappa shape index (κ2) is 8.58. The fraction of sp³-hybridized carbons (Fsp3) is 0.750. The number of nitrogens with zero attached hydrogens (tertiary/aromatic N) is 5. The Morgan fingerprint density at radius 3 is 2.50 bits per heavy atom. The molecule has 9 nitrogen and oxygen atoms in total. The van der Waals surface area contributed by atoms with Gasteiger partial charge in [0.25, 0.3) is 11.8 Å². The van der Waals surface area contributed by atoms with Crippen molar-refractivity contribution >= 4 is 29.4 Å². The summed E-state index contributed by atoms with van der Waals surface area (Å²) >= 11 is 1.13. The molecule has 4 rings (SSSR count). The number of hydrogen-bond donors (Lipinski definition) is 1. The van der Waals surface area contributed by atoms with Crippen molar-refractivity contribution in [3.8, 4) is 0 Å². The van der Waals surface area contributed by atoms with E-state index in [1.165, 1.54) is 4.90 Å². The van der Waals surface area contributed by atoms with Crippen LogP contribution in [0.4, 0.5) is 4.79 Å². The quantitative estimate of drug-likeness (QED) is 0.705. The van der Waals surface area contributed by atoms with Gasteiger partial charge < -0.3 is 15.1 Å². The zero-order valence-electron chi connectivity index (χ0n) is 17.7. The van der Waals surface area contributed by atoms with E-state index < -0.39 is 5.54 Å². The number of aromatic nitrogens is 2. The van der Waals surface area contributed by atoms with Gasteiger partial charge in [0.05, 0.1) is 5.69 Å². The summed E-state index contributed by atoms with van der Waals surface area (Å²) in [7, 11) is 0. The third-order valence-electron chi connectivity index (χ3n) is 6.68. The second-order valence-corrected chi connectivity index (χ2v) is 9.45. The van der Waals surface area contributed by atoms with Crippen molar-refractivity contribution in [2.75, 3.05) is 39.3 Å². The first-order valence-corrected chi connectivity index (χ1v) is 11.7. The summed E-state index contributed by atoms with van der Waals surface area (Å²) in [5, 5.41) is 6.93. The van der Waals surface area contributed by atoms with Crippen LogP contribution in [0.3, 0.4) is 0 Å². The van der Waals surface area contributed by atoms with Crippen LogP contribution in [-0.4, -0.2) is 86.9 Å². The van der Waals surface area contributed by atoms with E-state index in [0.717, 1.165) is 50.4 Å². The average Bonchev–Trinajstić information content (AvgIpc) is 3.27. The van der Waals surface area contributed by atoms with Gasteiger partial charge in [-0.1, -0.05) is 11.4 Å². The highest BCUT2D eigenvalue weighted by molar-refractivity contribution is 7.07. The number of rotatable bonds is 5. The third-order valence-corrected chi connectivity index (χ3v) is 7.50. The summed E-state index contributed by atoms with van der Waals surface area (Å²) in [5.41, 5.74) is -0.0453. The minimum Gasteiger partial charge on any atom is -0.338 e. The van der Waals surface area contributed by atoms with Crippen LogP contribution in [0, 0.1) is 12.8 Å². The van der Waals surface area contributed by atoms with E-state index in [-0.39, 0.29) is 23.8 Å². The first-order chi connectivity index (χ1) is 14.4. The van der Waals surface area contributed by atoms with Crippen LogP contribution in [0.5, 0.6) is 0 Å². The number of likely N-dealkylation sites (tertiary alicyclic amines) is 2. The van der Waals surface area contributed by atoms with Gasteiger partial charge in [0.15, 0.2) is 0 Å². The molecular weight excluding hydrogens is 404 g/mol. The molecule has 1 aromatic rings. The molecule has 1 N–H and O–H groups in total. The van der Waals surface area contributed by atoms with Gasteiger partial charge in [0.1, 0.15) is 10.4 Å². The lowest BCUT2D eigenvalue weighted by Gasteiger charge is -2.37. The second-order valence-electron chi connectivity index (χ2n) is 8.69. The number of urea groups is 1. The van der Waals surface area contributed by atoms with E-state index >= 15 is 0 Å². The molecule has 3 aliphatic rings. The Labute approximate surface area is 180 Å². The summed E-state index contributed by atoms with van der Waals surface area (Å²) < 4.78 is 3.85. The van der Waals surface area contributed by atoms with Crippen molar-refractivity contribution in [2.24, 2.45) is 5.92 Å². The molecular formula is C20H30N6O3S. The van der Waals surface area contributed by atoms with Crippen molar-refractivity contribution < 1.29 is 14.4 Å². The van der Waals surface area contributed by atoms with Crippen LogP contribution in [0.1, 0.15) is 54.4 Å². The van der Waals surface area contributed by atoms with Crippen LogP contribution in [0.25, 0.3) is 0 Å². The smallest absolute Gasteiger partial charge is 0.325 e. The predicted molar refractivity (Wildman–Crippen MR) is 112 cm³/mol. The van der Waals surface area contributed by atoms with Crippen molar-refractivity contribution in [1.82, 2.24) is 29.6 Å². The SMILES string of the molecule is CCCN1CCC2(CC1)NC(=O)N(CC1CCN(C(=O)c3snnc3C)CC1)C2=O. The van der Waals surface area contributed by atoms with Gasteiger partial charge in [-0.2, -0.15) is 0 Å². The summed E-state index contributed by atoms with van der Waals surface area (Å²) in [6, 6.07) is -0.256. The zero-order chi connectivity index (χ0) is 21.3. The molecule has 0 aliphatic carbocycles. The first kappa shape index (κ1) is 21.2. The monoisotopic (exact) mass is 434 g/mol. The molecule has 10 heteroatoms. The van der Waals surface area contributed by atoms with Gasteiger partial charge in [-0.15, -0.1) is 5.10 Å². The van der Waals surface area contributed by atoms with Crippen LogP contribution in [0.2, 0.25) is 0 Å². The maximum absolute atomic E-state index is 13.1. The Morgan fingerprint density at radius 2 is 1.90 bits per heavy atom. The lowest BCUT2D eigenvalue weighted by atomic mass is 9.87. The van der Waals surface area contributed by atoms with Crippen molar-refractivity contribution in [1.29, 1.82) is 0 Å². The van der Waals surface area contributed by atoms with Gasteiger partial charge in [-0.05, 0) is 63.0 Å². The number of nitrogens with one attached hydrogen (secondary N) is 1. The summed E-state index contributed by atoms with van der Waals surface area (Å²) in [4.78, 5) is 44.6. The van der Waals surface area contributed by atoms with Crippen molar-refractivity contribution in [3.63, 3.8) is 0 Å². The lowest BCUT2D eigenvalue weighted by Crippen LogP contribution is -2.55. The molecule has 3 aliphatic heterocycles. The van der Waals surface area contributed by atoms with E-state index in [4.69, 9.17) is 0 Å². The van der Waals surface area contributed by atoms with Crippen LogP contribution in [0.15, 0.2) is 0 Å². The van der Waals surface area contributed by atoms with Crippen LogP contribution < -0.4 is 5.32 Å². The van der Waals surface area contributed by atoms with Crippen molar-refractivity contribution in [2.45, 2.75) is 51.5 Å². The number of aryl methyl sites for hydroxylation is 1. The van der Waals surface area contributed by atoms with Crippen LogP contribution in [-0.2, 0) is 4.79 Å². The van der Waals surface area contributed by atoms with E-state index in [1.54, 1.807) is 6.92 Å². The maximum atomic E-state index is 13.1. The number of imide groups is 1. The van der Waals surface area contributed by atoms with Crippen LogP contribution >= 0.6 is 11.5 Å². The summed E-state index contributed by atoms with van der Waals surface area (Å²) in [5.74, 6) is 0.141. The Morgan fingerprint density at radius 1 is 1.20 bits per heavy atom. The van der Waals surface area contributed by atoms with E-state index in [2.05, 4.69) is 26.7 Å². The standard InChI is InChI=1S/C20H30N6O3S/c1-3-8-24-11-6-20(7-12-24)18(28)26(19(29)21-20)13-15-4-9-25(10-5-15)17(27)16-14(2)22-23-30-16/h15H,3-13H2,1-2H3,(H,21,29). The lowest BCUT2D eigenvalue weighted by molar-refractivity contribution is -0.133. The molecule has 0 atom stereocenters. The topological polar surface area (TPSA) is 98.7 Å². The predicted octanol–water partition coefficient (Wildman–Crippen LogP) is 1.50. The number of carbonyl (C=O) groups excluding carboxylic acids is 3. The zero-order valence-corrected chi connectivity index (χ0v) is 18.5. The molecule has 0 saturated carbocycles. The molecule has 1 aromatic heterocycles. The summed E-state index contributed by atoms with van der Waals surface area (Å²) in [6.45, 7) is 8.38. The molecule has 0 radical (unpaired) electrons. The van der Waals surface area contributed by atoms with Gasteiger partial charge in [-0.25, -0.2) is 4.79 Å². The average molecular weight is 435 g/mol. The molecule has 30 heavy (non-hydrogen) atoms. The van der Waals surface area contributed by atoms with E-state index in [1.807, 2.05) is 4.90 Å². The molecule has 4 amide bonds. The fourth-order valence-corrected chi connectivity index (χ4v) is 5.43. The fourth-order valence-electron chi connectivity index (χ4n) is 4.80.